The molecule has 0 aliphatic rings. The zero-order valence-electron chi connectivity index (χ0n) is 10.6. The van der Waals surface area contributed by atoms with Crippen LogP contribution in [0.25, 0.3) is 0 Å². The first-order chi connectivity index (χ1) is 8.60. The highest BCUT2D eigenvalue weighted by Crippen LogP contribution is 2.25. The van der Waals surface area contributed by atoms with Crippen LogP contribution in [0.1, 0.15) is 18.2 Å². The summed E-state index contributed by atoms with van der Waals surface area (Å²) in [7, 11) is 1.95. The lowest BCUT2D eigenvalue weighted by atomic mass is 10.2. The monoisotopic (exact) mass is 308 g/mol. The van der Waals surface area contributed by atoms with Crippen molar-refractivity contribution < 1.29 is 0 Å². The van der Waals surface area contributed by atoms with E-state index in [2.05, 4.69) is 39.5 Å². The molecule has 0 fully saturated rings. The quantitative estimate of drug-likeness (QED) is 0.854. The zero-order valence-corrected chi connectivity index (χ0v) is 12.2. The van der Waals surface area contributed by atoms with Gasteiger partial charge in [-0.1, -0.05) is 6.92 Å². The SMILES string of the molecule is CCc1nn(C)cc1CNc1ccc(N)cc1Br. The lowest BCUT2D eigenvalue weighted by Gasteiger charge is -2.08. The third-order valence-corrected chi connectivity index (χ3v) is 3.45. The molecule has 2 rings (SSSR count). The normalized spacial score (nSPS) is 10.6. The van der Waals surface area contributed by atoms with E-state index in [1.165, 1.54) is 5.56 Å². The van der Waals surface area contributed by atoms with Crippen molar-refractivity contribution in [3.8, 4) is 0 Å². The number of anilines is 2. The molecule has 0 saturated heterocycles. The minimum absolute atomic E-state index is 0.753. The molecule has 3 N–H and O–H groups in total. The molecule has 0 amide bonds. The highest BCUT2D eigenvalue weighted by Gasteiger charge is 2.06. The Bertz CT molecular complexity index is 548. The van der Waals surface area contributed by atoms with E-state index in [1.807, 2.05) is 29.9 Å². The summed E-state index contributed by atoms with van der Waals surface area (Å²) in [5.74, 6) is 0. The minimum Gasteiger partial charge on any atom is -0.399 e. The van der Waals surface area contributed by atoms with Crippen molar-refractivity contribution in [1.82, 2.24) is 9.78 Å². The van der Waals surface area contributed by atoms with Crippen LogP contribution < -0.4 is 11.1 Å². The van der Waals surface area contributed by atoms with Gasteiger partial charge < -0.3 is 11.1 Å². The Hall–Kier alpha value is -1.49. The molecule has 18 heavy (non-hydrogen) atoms. The molecule has 5 heteroatoms. The van der Waals surface area contributed by atoms with Crippen LogP contribution in [0, 0.1) is 0 Å². The Morgan fingerprint density at radius 1 is 1.44 bits per heavy atom. The molecule has 0 unspecified atom stereocenters. The molecule has 0 atom stereocenters. The molecule has 0 spiro atoms. The molecular formula is C13H17BrN4. The predicted molar refractivity (Wildman–Crippen MR) is 78.5 cm³/mol. The van der Waals surface area contributed by atoms with Crippen LogP contribution in [-0.4, -0.2) is 9.78 Å². The third kappa shape index (κ3) is 2.85. The van der Waals surface area contributed by atoms with Gasteiger partial charge in [-0.2, -0.15) is 5.10 Å². The van der Waals surface area contributed by atoms with E-state index in [9.17, 15) is 0 Å². The van der Waals surface area contributed by atoms with Crippen LogP contribution in [0.2, 0.25) is 0 Å². The van der Waals surface area contributed by atoms with Gasteiger partial charge in [0.25, 0.3) is 0 Å². The van der Waals surface area contributed by atoms with E-state index < -0.39 is 0 Å². The summed E-state index contributed by atoms with van der Waals surface area (Å²) in [5.41, 5.74) is 9.86. The first-order valence-corrected chi connectivity index (χ1v) is 6.69. The van der Waals surface area contributed by atoms with Crippen LogP contribution in [0.3, 0.4) is 0 Å². The number of hydrogen-bond acceptors (Lipinski definition) is 3. The van der Waals surface area contributed by atoms with Gasteiger partial charge in [-0.3, -0.25) is 4.68 Å². The molecule has 0 aliphatic carbocycles. The topological polar surface area (TPSA) is 55.9 Å². The Morgan fingerprint density at radius 3 is 2.89 bits per heavy atom. The first kappa shape index (κ1) is 13.0. The zero-order chi connectivity index (χ0) is 13.1. The van der Waals surface area contributed by atoms with Crippen molar-refractivity contribution in [2.24, 2.45) is 7.05 Å². The Kier molecular flexibility index (Phi) is 3.91. The predicted octanol–water partition coefficient (Wildman–Crippen LogP) is 2.94. The van der Waals surface area contributed by atoms with Gasteiger partial charge in [-0.05, 0) is 40.5 Å². The summed E-state index contributed by atoms with van der Waals surface area (Å²) < 4.78 is 2.83. The van der Waals surface area contributed by atoms with E-state index in [-0.39, 0.29) is 0 Å². The summed E-state index contributed by atoms with van der Waals surface area (Å²) >= 11 is 3.50. The fraction of sp³-hybridized carbons (Fsp3) is 0.308. The molecule has 4 nitrogen and oxygen atoms in total. The van der Waals surface area contributed by atoms with Crippen molar-refractivity contribution in [2.75, 3.05) is 11.1 Å². The fourth-order valence-electron chi connectivity index (χ4n) is 1.89. The number of aryl methyl sites for hydroxylation is 2. The Labute approximate surface area is 115 Å². The maximum absolute atomic E-state index is 5.71. The molecular weight excluding hydrogens is 292 g/mol. The summed E-state index contributed by atoms with van der Waals surface area (Å²) in [6.07, 6.45) is 3.00. The summed E-state index contributed by atoms with van der Waals surface area (Å²) in [5, 5.41) is 7.81. The Balaban J connectivity index is 2.11. The number of nitrogens with zero attached hydrogens (tertiary/aromatic N) is 2. The van der Waals surface area contributed by atoms with Crippen LogP contribution in [0.4, 0.5) is 11.4 Å². The van der Waals surface area contributed by atoms with Gasteiger partial charge in [0.15, 0.2) is 0 Å². The molecule has 0 aliphatic heterocycles. The number of aromatic nitrogens is 2. The maximum atomic E-state index is 5.71. The van der Waals surface area contributed by atoms with Crippen LogP contribution in [-0.2, 0) is 20.0 Å². The second kappa shape index (κ2) is 5.44. The average Bonchev–Trinajstić information content (AvgIpc) is 2.68. The van der Waals surface area contributed by atoms with Crippen molar-refractivity contribution >= 4 is 27.3 Å². The first-order valence-electron chi connectivity index (χ1n) is 5.90. The summed E-state index contributed by atoms with van der Waals surface area (Å²) in [4.78, 5) is 0. The van der Waals surface area contributed by atoms with Crippen LogP contribution in [0.15, 0.2) is 28.9 Å². The fourth-order valence-corrected chi connectivity index (χ4v) is 2.43. The minimum atomic E-state index is 0.753. The van der Waals surface area contributed by atoms with Gasteiger partial charge in [0.1, 0.15) is 0 Å². The van der Waals surface area contributed by atoms with E-state index in [4.69, 9.17) is 5.73 Å². The number of nitrogens with one attached hydrogen (secondary N) is 1. The highest BCUT2D eigenvalue weighted by atomic mass is 79.9. The number of rotatable bonds is 4. The van der Waals surface area contributed by atoms with Gasteiger partial charge in [0.2, 0.25) is 0 Å². The van der Waals surface area contributed by atoms with Crippen LogP contribution >= 0.6 is 15.9 Å². The van der Waals surface area contributed by atoms with Gasteiger partial charge in [0.05, 0.1) is 5.69 Å². The number of nitrogen functional groups attached to an aromatic ring is 1. The second-order valence-corrected chi connectivity index (χ2v) is 5.08. The van der Waals surface area contributed by atoms with Crippen molar-refractivity contribution in [2.45, 2.75) is 19.9 Å². The molecule has 1 aromatic carbocycles. The van der Waals surface area contributed by atoms with Gasteiger partial charge in [0, 0.05) is 41.2 Å². The molecule has 2 aromatic rings. The third-order valence-electron chi connectivity index (χ3n) is 2.79. The van der Waals surface area contributed by atoms with Gasteiger partial charge >= 0.3 is 0 Å². The van der Waals surface area contributed by atoms with E-state index >= 15 is 0 Å². The molecule has 1 aromatic heterocycles. The second-order valence-electron chi connectivity index (χ2n) is 4.22. The molecule has 1 heterocycles. The van der Waals surface area contributed by atoms with Crippen LogP contribution in [0.5, 0.6) is 0 Å². The smallest absolute Gasteiger partial charge is 0.0671 e. The van der Waals surface area contributed by atoms with Crippen molar-refractivity contribution in [3.63, 3.8) is 0 Å². The van der Waals surface area contributed by atoms with E-state index in [0.29, 0.717) is 0 Å². The number of nitrogens with two attached hydrogens (primary N) is 1. The van der Waals surface area contributed by atoms with E-state index in [1.54, 1.807) is 0 Å². The van der Waals surface area contributed by atoms with E-state index in [0.717, 1.165) is 34.5 Å². The highest BCUT2D eigenvalue weighted by molar-refractivity contribution is 9.10. The average molecular weight is 309 g/mol. The number of halogens is 1. The standard InChI is InChI=1S/C13H17BrN4/c1-3-12-9(8-18(2)17-12)7-16-13-5-4-10(15)6-11(13)14/h4-6,8,16H,3,7,15H2,1-2H3. The largest absolute Gasteiger partial charge is 0.399 e. The Morgan fingerprint density at radius 2 is 2.22 bits per heavy atom. The lowest BCUT2D eigenvalue weighted by Crippen LogP contribution is -2.02. The molecule has 0 saturated carbocycles. The lowest BCUT2D eigenvalue weighted by molar-refractivity contribution is 0.746. The molecule has 0 radical (unpaired) electrons. The number of benzene rings is 1. The van der Waals surface area contributed by atoms with Crippen molar-refractivity contribution in [1.29, 1.82) is 0 Å². The van der Waals surface area contributed by atoms with Gasteiger partial charge in [-0.25, -0.2) is 0 Å². The van der Waals surface area contributed by atoms with Gasteiger partial charge in [-0.15, -0.1) is 0 Å². The maximum Gasteiger partial charge on any atom is 0.0671 e. The summed E-state index contributed by atoms with van der Waals surface area (Å²) in [6.45, 7) is 2.88. The molecule has 96 valence electrons. The number of hydrogen-bond donors (Lipinski definition) is 2. The summed E-state index contributed by atoms with van der Waals surface area (Å²) in [6, 6.07) is 5.75. The molecule has 0 bridgehead atoms. The van der Waals surface area contributed by atoms with Crippen molar-refractivity contribution in [3.05, 3.63) is 40.1 Å².